The number of rotatable bonds is 6. The fraction of sp³-hybridized carbons (Fsp3) is 0.889. The molecule has 14 heavy (non-hydrogen) atoms. The van der Waals surface area contributed by atoms with Crippen molar-refractivity contribution in [3.05, 3.63) is 0 Å². The highest BCUT2D eigenvalue weighted by atomic mass is 19.3. The van der Waals surface area contributed by atoms with Gasteiger partial charge < -0.3 is 10.8 Å². The van der Waals surface area contributed by atoms with Gasteiger partial charge in [0.1, 0.15) is 6.10 Å². The van der Waals surface area contributed by atoms with E-state index in [1.807, 2.05) is 13.8 Å². The van der Waals surface area contributed by atoms with E-state index < -0.39 is 24.4 Å². The van der Waals surface area contributed by atoms with Crippen LogP contribution in [0, 0.1) is 5.92 Å². The summed E-state index contributed by atoms with van der Waals surface area (Å²) < 4.78 is 26.0. The predicted molar refractivity (Wildman–Crippen MR) is 49.1 cm³/mol. The van der Waals surface area contributed by atoms with Gasteiger partial charge in [0.15, 0.2) is 0 Å². The number of ketones is 1. The summed E-state index contributed by atoms with van der Waals surface area (Å²) in [7, 11) is 0. The molecule has 0 saturated heterocycles. The number of carbonyl (C=O) groups is 1. The van der Waals surface area contributed by atoms with E-state index in [4.69, 9.17) is 10.8 Å². The van der Waals surface area contributed by atoms with E-state index in [-0.39, 0.29) is 12.3 Å². The second kappa shape index (κ2) is 5.36. The van der Waals surface area contributed by atoms with Gasteiger partial charge >= 0.3 is 5.92 Å². The Morgan fingerprint density at radius 3 is 2.29 bits per heavy atom. The maximum atomic E-state index is 13.0. The third-order valence-corrected chi connectivity index (χ3v) is 1.99. The first-order valence-corrected chi connectivity index (χ1v) is 4.61. The van der Waals surface area contributed by atoms with Crippen LogP contribution in [-0.2, 0) is 4.79 Å². The first-order valence-electron chi connectivity index (χ1n) is 4.61. The van der Waals surface area contributed by atoms with Crippen LogP contribution in [0.4, 0.5) is 8.78 Å². The van der Waals surface area contributed by atoms with E-state index in [0.717, 1.165) is 0 Å². The second-order valence-electron chi connectivity index (χ2n) is 3.74. The number of nitrogens with two attached hydrogens (primary N) is 1. The third-order valence-electron chi connectivity index (χ3n) is 1.99. The number of Topliss-reactive ketones (excluding diaryl/α,β-unsaturated/α-hetero) is 1. The molecule has 3 nitrogen and oxygen atoms in total. The second-order valence-corrected chi connectivity index (χ2v) is 3.74. The Hall–Kier alpha value is -0.550. The van der Waals surface area contributed by atoms with Gasteiger partial charge in [-0.3, -0.25) is 4.79 Å². The molecule has 3 N–H and O–H groups in total. The van der Waals surface area contributed by atoms with Crippen molar-refractivity contribution in [2.24, 2.45) is 11.7 Å². The molecule has 0 aromatic rings. The number of hydrogen-bond acceptors (Lipinski definition) is 3. The highest BCUT2D eigenvalue weighted by molar-refractivity contribution is 5.87. The van der Waals surface area contributed by atoms with Crippen LogP contribution in [0.3, 0.4) is 0 Å². The molecule has 1 atom stereocenters. The molecular formula is C9H17F2NO2. The molecule has 0 rings (SSSR count). The Bertz CT molecular complexity index is 195. The monoisotopic (exact) mass is 209 g/mol. The molecule has 0 aromatic heterocycles. The number of halogens is 2. The summed E-state index contributed by atoms with van der Waals surface area (Å²) in [6.45, 7) is 2.97. The molecule has 0 amide bonds. The molecule has 0 spiro atoms. The van der Waals surface area contributed by atoms with Crippen molar-refractivity contribution in [2.75, 3.05) is 6.54 Å². The summed E-state index contributed by atoms with van der Waals surface area (Å²) in [5.74, 6) is -4.90. The zero-order valence-electron chi connectivity index (χ0n) is 8.46. The van der Waals surface area contributed by atoms with Crippen LogP contribution in [-0.4, -0.2) is 29.5 Å². The average molecular weight is 209 g/mol. The number of aliphatic hydroxyl groups is 1. The summed E-state index contributed by atoms with van der Waals surface area (Å²) in [4.78, 5) is 10.7. The topological polar surface area (TPSA) is 63.3 Å². The van der Waals surface area contributed by atoms with Gasteiger partial charge in [-0.05, 0) is 18.8 Å². The van der Waals surface area contributed by atoms with E-state index in [1.165, 1.54) is 0 Å². The highest BCUT2D eigenvalue weighted by Crippen LogP contribution is 2.24. The molecule has 0 bridgehead atoms. The normalized spacial score (nSPS) is 14.5. The van der Waals surface area contributed by atoms with Crippen molar-refractivity contribution in [3.63, 3.8) is 0 Å². The molecule has 0 saturated carbocycles. The average Bonchev–Trinajstić information content (AvgIpc) is 2.12. The molecule has 0 fully saturated rings. The van der Waals surface area contributed by atoms with Crippen LogP contribution in [0.1, 0.15) is 26.7 Å². The van der Waals surface area contributed by atoms with Crippen molar-refractivity contribution in [3.8, 4) is 0 Å². The van der Waals surface area contributed by atoms with Gasteiger partial charge in [-0.15, -0.1) is 0 Å². The Morgan fingerprint density at radius 1 is 1.43 bits per heavy atom. The maximum absolute atomic E-state index is 13.0. The van der Waals surface area contributed by atoms with E-state index >= 15 is 0 Å². The lowest BCUT2D eigenvalue weighted by molar-refractivity contribution is -0.160. The third kappa shape index (κ3) is 3.67. The number of carbonyl (C=O) groups excluding carboxylic acids is 1. The van der Waals surface area contributed by atoms with E-state index in [9.17, 15) is 13.6 Å². The van der Waals surface area contributed by atoms with Crippen molar-refractivity contribution in [1.82, 2.24) is 0 Å². The van der Waals surface area contributed by atoms with Crippen LogP contribution < -0.4 is 5.73 Å². The molecule has 0 aliphatic heterocycles. The molecule has 5 heteroatoms. The first kappa shape index (κ1) is 13.4. The minimum Gasteiger partial charge on any atom is -0.386 e. The minimum absolute atomic E-state index is 0.0869. The van der Waals surface area contributed by atoms with Gasteiger partial charge in [-0.25, -0.2) is 0 Å². The molecule has 1 unspecified atom stereocenters. The van der Waals surface area contributed by atoms with Gasteiger partial charge in [-0.1, -0.05) is 13.8 Å². The van der Waals surface area contributed by atoms with Crippen molar-refractivity contribution in [2.45, 2.75) is 38.7 Å². The number of aliphatic hydroxyl groups excluding tert-OH is 1. The molecule has 0 radical (unpaired) electrons. The van der Waals surface area contributed by atoms with Crippen LogP contribution in [0.15, 0.2) is 0 Å². The fourth-order valence-electron chi connectivity index (χ4n) is 0.994. The lowest BCUT2D eigenvalue weighted by Crippen LogP contribution is -2.44. The first-order chi connectivity index (χ1) is 6.32. The Labute approximate surface area is 82.3 Å². The Kier molecular flexibility index (Phi) is 5.15. The van der Waals surface area contributed by atoms with Gasteiger partial charge in [-0.2, -0.15) is 8.78 Å². The van der Waals surface area contributed by atoms with Crippen molar-refractivity contribution in [1.29, 1.82) is 0 Å². The van der Waals surface area contributed by atoms with Gasteiger partial charge in [0.05, 0.1) is 6.54 Å². The minimum atomic E-state index is -3.70. The molecule has 0 aromatic carbocycles. The van der Waals surface area contributed by atoms with Crippen LogP contribution in [0.25, 0.3) is 0 Å². The number of alkyl halides is 2. The Balaban J connectivity index is 4.20. The summed E-state index contributed by atoms with van der Waals surface area (Å²) in [6, 6.07) is 0. The van der Waals surface area contributed by atoms with Gasteiger partial charge in [0, 0.05) is 0 Å². The lowest BCUT2D eigenvalue weighted by atomic mass is 9.99. The highest BCUT2D eigenvalue weighted by Gasteiger charge is 2.44. The SMILES string of the molecule is CC(C)CCC(O)C(F)(F)C(=O)CN. The Morgan fingerprint density at radius 2 is 1.93 bits per heavy atom. The van der Waals surface area contributed by atoms with Crippen molar-refractivity contribution >= 4 is 5.78 Å². The van der Waals surface area contributed by atoms with Crippen LogP contribution >= 0.6 is 0 Å². The largest absolute Gasteiger partial charge is 0.386 e. The maximum Gasteiger partial charge on any atom is 0.331 e. The van der Waals surface area contributed by atoms with Crippen molar-refractivity contribution < 1.29 is 18.7 Å². The predicted octanol–water partition coefficient (Wildman–Crippen LogP) is 0.947. The number of hydrogen-bond donors (Lipinski definition) is 2. The quantitative estimate of drug-likeness (QED) is 0.684. The molecule has 0 aliphatic carbocycles. The van der Waals surface area contributed by atoms with E-state index in [0.29, 0.717) is 6.42 Å². The molecular weight excluding hydrogens is 192 g/mol. The molecule has 0 aliphatic rings. The summed E-state index contributed by atoms with van der Waals surface area (Å²) in [5, 5.41) is 9.10. The van der Waals surface area contributed by atoms with Crippen LogP contribution in [0.2, 0.25) is 0 Å². The molecule has 84 valence electrons. The van der Waals surface area contributed by atoms with E-state index in [2.05, 4.69) is 0 Å². The lowest BCUT2D eigenvalue weighted by Gasteiger charge is -2.21. The molecule has 0 heterocycles. The zero-order valence-corrected chi connectivity index (χ0v) is 8.46. The smallest absolute Gasteiger partial charge is 0.331 e. The standard InChI is InChI=1S/C9H17F2NO2/c1-6(2)3-4-7(13)9(10,11)8(14)5-12/h6-7,13H,3-5,12H2,1-2H3. The summed E-state index contributed by atoms with van der Waals surface area (Å²) >= 11 is 0. The van der Waals surface area contributed by atoms with E-state index in [1.54, 1.807) is 0 Å². The van der Waals surface area contributed by atoms with Gasteiger partial charge in [0.2, 0.25) is 5.78 Å². The summed E-state index contributed by atoms with van der Waals surface area (Å²) in [6.07, 6.45) is -1.55. The van der Waals surface area contributed by atoms with Gasteiger partial charge in [0.25, 0.3) is 0 Å². The summed E-state index contributed by atoms with van der Waals surface area (Å²) in [5.41, 5.74) is 4.81. The fourth-order valence-corrected chi connectivity index (χ4v) is 0.994. The zero-order chi connectivity index (χ0) is 11.4. The van der Waals surface area contributed by atoms with Crippen LogP contribution in [0.5, 0.6) is 0 Å².